The molecule has 0 N–H and O–H groups in total. The summed E-state index contributed by atoms with van der Waals surface area (Å²) in [6.45, 7) is -0.707. The Morgan fingerprint density at radius 1 is 1.12 bits per heavy atom. The van der Waals surface area contributed by atoms with Crippen LogP contribution in [0.25, 0.3) is 0 Å². The summed E-state index contributed by atoms with van der Waals surface area (Å²) < 4.78 is 20.4. The minimum atomic E-state index is -1.04. The van der Waals surface area contributed by atoms with Gasteiger partial charge in [-0.15, -0.1) is 0 Å². The minimum Gasteiger partial charge on any atom is -0.467 e. The van der Waals surface area contributed by atoms with E-state index in [0.717, 1.165) is 30.3 Å². The quantitative estimate of drug-likeness (QED) is 0.289. The summed E-state index contributed by atoms with van der Waals surface area (Å²) in [7, 11) is 1.10. The van der Waals surface area contributed by atoms with Gasteiger partial charge < -0.3 is 18.3 Å². The summed E-state index contributed by atoms with van der Waals surface area (Å²) in [5.74, 6) is -1.60. The zero-order chi connectivity index (χ0) is 24.2. The zero-order valence-electron chi connectivity index (χ0n) is 17.7. The molecule has 0 saturated heterocycles. The van der Waals surface area contributed by atoms with Crippen molar-refractivity contribution in [2.75, 3.05) is 13.7 Å². The molecule has 1 unspecified atom stereocenters. The standard InChI is InChI=1S/C22H17N3O9/c1-31-21(27)13-8-14(10-15(9-13)25(29)30)22(28)34-12-20(26)24-17(19-5-3-7-33-19)11-16(23-24)18-4-2-6-32-18/h2-10,17H,11-12H2,1H3. The van der Waals surface area contributed by atoms with Crippen molar-refractivity contribution in [2.45, 2.75) is 12.5 Å². The highest BCUT2D eigenvalue weighted by molar-refractivity contribution is 6.01. The topological polar surface area (TPSA) is 155 Å². The van der Waals surface area contributed by atoms with E-state index in [0.29, 0.717) is 23.7 Å². The molecule has 1 aromatic carbocycles. The number of hydrogen-bond donors (Lipinski definition) is 0. The van der Waals surface area contributed by atoms with Crippen LogP contribution in [0.5, 0.6) is 0 Å². The molecule has 0 aliphatic carbocycles. The van der Waals surface area contributed by atoms with Crippen molar-refractivity contribution in [3.05, 3.63) is 87.8 Å². The predicted molar refractivity (Wildman–Crippen MR) is 113 cm³/mol. The number of furan rings is 2. The summed E-state index contributed by atoms with van der Waals surface area (Å²) >= 11 is 0. The Balaban J connectivity index is 1.52. The van der Waals surface area contributed by atoms with E-state index in [-0.39, 0.29) is 11.1 Å². The fourth-order valence-corrected chi connectivity index (χ4v) is 3.38. The lowest BCUT2D eigenvalue weighted by molar-refractivity contribution is -0.384. The number of nitro groups is 1. The number of nitrogens with zero attached hydrogens (tertiary/aromatic N) is 3. The summed E-state index contributed by atoms with van der Waals surface area (Å²) in [5, 5.41) is 16.6. The molecule has 0 radical (unpaired) electrons. The van der Waals surface area contributed by atoms with Gasteiger partial charge in [-0.25, -0.2) is 14.6 Å². The van der Waals surface area contributed by atoms with Gasteiger partial charge >= 0.3 is 11.9 Å². The fraction of sp³-hybridized carbons (Fsp3) is 0.182. The number of methoxy groups -OCH3 is 1. The second-order valence-corrected chi connectivity index (χ2v) is 7.09. The van der Waals surface area contributed by atoms with Crippen molar-refractivity contribution < 1.29 is 37.6 Å². The van der Waals surface area contributed by atoms with Crippen molar-refractivity contribution >= 4 is 29.2 Å². The van der Waals surface area contributed by atoms with Crippen LogP contribution >= 0.6 is 0 Å². The van der Waals surface area contributed by atoms with Gasteiger partial charge in [-0.05, 0) is 30.3 Å². The number of nitro benzene ring substituents is 1. The average molecular weight is 467 g/mol. The number of amides is 1. The van der Waals surface area contributed by atoms with Gasteiger partial charge in [0.25, 0.3) is 11.6 Å². The third-order valence-electron chi connectivity index (χ3n) is 4.96. The lowest BCUT2D eigenvalue weighted by atomic mass is 10.1. The second-order valence-electron chi connectivity index (χ2n) is 7.09. The van der Waals surface area contributed by atoms with Gasteiger partial charge in [-0.3, -0.25) is 14.9 Å². The van der Waals surface area contributed by atoms with Gasteiger partial charge in [0.15, 0.2) is 6.61 Å². The largest absolute Gasteiger partial charge is 0.467 e. The highest BCUT2D eigenvalue weighted by atomic mass is 16.6. The molecule has 1 aliphatic rings. The summed E-state index contributed by atoms with van der Waals surface area (Å²) in [5.41, 5.74) is -0.495. The molecule has 1 amide bonds. The number of non-ortho nitro benzene ring substituents is 1. The molecule has 1 atom stereocenters. The molecule has 3 heterocycles. The van der Waals surface area contributed by atoms with Crippen LogP contribution in [0, 0.1) is 10.1 Å². The highest BCUT2D eigenvalue weighted by Gasteiger charge is 2.36. The Morgan fingerprint density at radius 3 is 2.44 bits per heavy atom. The van der Waals surface area contributed by atoms with Crippen LogP contribution in [0.1, 0.15) is 44.7 Å². The first-order valence-corrected chi connectivity index (χ1v) is 9.89. The Bertz CT molecular complexity index is 1260. The average Bonchev–Trinajstić information content (AvgIpc) is 3.62. The van der Waals surface area contributed by atoms with Gasteiger partial charge in [-0.1, -0.05) is 0 Å². The summed E-state index contributed by atoms with van der Waals surface area (Å²) in [4.78, 5) is 47.6. The second kappa shape index (κ2) is 9.40. The van der Waals surface area contributed by atoms with E-state index in [1.54, 1.807) is 24.3 Å². The van der Waals surface area contributed by atoms with Crippen LogP contribution in [-0.4, -0.2) is 47.2 Å². The summed E-state index contributed by atoms with van der Waals surface area (Å²) in [6.07, 6.45) is 3.26. The van der Waals surface area contributed by atoms with Crippen molar-refractivity contribution in [1.29, 1.82) is 0 Å². The number of esters is 2. The van der Waals surface area contributed by atoms with Crippen molar-refractivity contribution in [3.8, 4) is 0 Å². The van der Waals surface area contributed by atoms with Crippen molar-refractivity contribution in [2.24, 2.45) is 5.10 Å². The SMILES string of the molecule is COC(=O)c1cc(C(=O)OCC(=O)N2N=C(c3ccco3)CC2c2ccco2)cc([N+](=O)[O-])c1. The molecule has 0 saturated carbocycles. The predicted octanol–water partition coefficient (Wildman–Crippen LogP) is 3.10. The molecular weight excluding hydrogens is 450 g/mol. The molecular formula is C22H17N3O9. The van der Waals surface area contributed by atoms with E-state index in [2.05, 4.69) is 9.84 Å². The fourth-order valence-electron chi connectivity index (χ4n) is 3.38. The first-order chi connectivity index (χ1) is 16.4. The molecule has 12 nitrogen and oxygen atoms in total. The first kappa shape index (κ1) is 22.5. The zero-order valence-corrected chi connectivity index (χ0v) is 17.7. The molecule has 3 aromatic rings. The van der Waals surface area contributed by atoms with Crippen LogP contribution in [0.3, 0.4) is 0 Å². The normalized spacial score (nSPS) is 15.0. The van der Waals surface area contributed by atoms with E-state index in [4.69, 9.17) is 13.6 Å². The number of carbonyl (C=O) groups is 3. The maximum Gasteiger partial charge on any atom is 0.338 e. The van der Waals surface area contributed by atoms with Crippen LogP contribution in [-0.2, 0) is 14.3 Å². The minimum absolute atomic E-state index is 0.208. The van der Waals surface area contributed by atoms with E-state index >= 15 is 0 Å². The first-order valence-electron chi connectivity index (χ1n) is 9.89. The van der Waals surface area contributed by atoms with Gasteiger partial charge in [0.2, 0.25) is 0 Å². The van der Waals surface area contributed by atoms with Gasteiger partial charge in [-0.2, -0.15) is 5.10 Å². The van der Waals surface area contributed by atoms with Gasteiger partial charge in [0.1, 0.15) is 23.3 Å². The smallest absolute Gasteiger partial charge is 0.338 e. The van der Waals surface area contributed by atoms with Crippen LogP contribution in [0.15, 0.2) is 68.9 Å². The van der Waals surface area contributed by atoms with E-state index in [9.17, 15) is 24.5 Å². The molecule has 0 spiro atoms. The molecule has 174 valence electrons. The molecule has 0 fully saturated rings. The molecule has 12 heteroatoms. The molecule has 4 rings (SSSR count). The van der Waals surface area contributed by atoms with Gasteiger partial charge in [0, 0.05) is 18.6 Å². The summed E-state index contributed by atoms with van der Waals surface area (Å²) in [6, 6.07) is 9.16. The molecule has 1 aliphatic heterocycles. The molecule has 2 aromatic heterocycles. The third-order valence-corrected chi connectivity index (χ3v) is 4.96. The highest BCUT2D eigenvalue weighted by Crippen LogP contribution is 2.33. The lowest BCUT2D eigenvalue weighted by Gasteiger charge is -2.19. The number of benzene rings is 1. The molecule has 0 bridgehead atoms. The Hall–Kier alpha value is -4.74. The van der Waals surface area contributed by atoms with E-state index in [1.165, 1.54) is 12.5 Å². The lowest BCUT2D eigenvalue weighted by Crippen LogP contribution is -2.31. The van der Waals surface area contributed by atoms with Crippen LogP contribution in [0.4, 0.5) is 5.69 Å². The Morgan fingerprint density at radius 2 is 1.82 bits per heavy atom. The van der Waals surface area contributed by atoms with E-state index < -0.39 is 41.1 Å². The van der Waals surface area contributed by atoms with Crippen LogP contribution < -0.4 is 0 Å². The Kier molecular flexibility index (Phi) is 6.21. The van der Waals surface area contributed by atoms with Gasteiger partial charge in [0.05, 0.1) is 35.7 Å². The number of hydrazone groups is 1. The molecule has 34 heavy (non-hydrogen) atoms. The van der Waals surface area contributed by atoms with Crippen molar-refractivity contribution in [3.63, 3.8) is 0 Å². The number of ether oxygens (including phenoxy) is 2. The third kappa shape index (κ3) is 4.55. The maximum absolute atomic E-state index is 12.9. The number of rotatable bonds is 7. The van der Waals surface area contributed by atoms with E-state index in [1.807, 2.05) is 0 Å². The number of carbonyl (C=O) groups excluding carboxylic acids is 3. The van der Waals surface area contributed by atoms with Crippen molar-refractivity contribution in [1.82, 2.24) is 5.01 Å². The van der Waals surface area contributed by atoms with Crippen LogP contribution in [0.2, 0.25) is 0 Å². The number of hydrogen-bond acceptors (Lipinski definition) is 10. The Labute approximate surface area is 191 Å². The monoisotopic (exact) mass is 467 g/mol. The maximum atomic E-state index is 12.9.